The van der Waals surface area contributed by atoms with Crippen LogP contribution in [0.15, 0.2) is 65.7 Å². The Hall–Kier alpha value is -3.39. The van der Waals surface area contributed by atoms with E-state index in [2.05, 4.69) is 19.9 Å². The number of hydrogen-bond donors (Lipinski definition) is 2. The van der Waals surface area contributed by atoms with Gasteiger partial charge in [0.2, 0.25) is 0 Å². The number of hydrogen-bond acceptors (Lipinski definition) is 5. The van der Waals surface area contributed by atoms with E-state index in [0.717, 1.165) is 30.0 Å². The van der Waals surface area contributed by atoms with Crippen LogP contribution in [0.4, 0.5) is 11.5 Å². The summed E-state index contributed by atoms with van der Waals surface area (Å²) in [5, 5.41) is 2.87. The zero-order chi connectivity index (χ0) is 23.4. The number of carbonyl (C=O) groups is 1. The Morgan fingerprint density at radius 2 is 1.82 bits per heavy atom. The zero-order valence-electron chi connectivity index (χ0n) is 18.8. The molecule has 0 atom stereocenters. The number of pyridine rings is 1. The summed E-state index contributed by atoms with van der Waals surface area (Å²) in [4.78, 5) is 19.6. The molecule has 8 heteroatoms. The van der Waals surface area contributed by atoms with Crippen molar-refractivity contribution < 1.29 is 13.2 Å². The lowest BCUT2D eigenvalue weighted by molar-refractivity contribution is 0.0950. The average Bonchev–Trinajstić information content (AvgIpc) is 3.33. The summed E-state index contributed by atoms with van der Waals surface area (Å²) in [7, 11) is -3.83. The Kier molecular flexibility index (Phi) is 6.65. The predicted octanol–water partition coefficient (Wildman–Crippen LogP) is 4.03. The minimum Gasteiger partial charge on any atom is -0.357 e. The second-order valence-corrected chi connectivity index (χ2v) is 10.0. The topological polar surface area (TPSA) is 91.4 Å². The molecule has 0 saturated carbocycles. The molecule has 0 spiro atoms. The minimum atomic E-state index is -3.83. The van der Waals surface area contributed by atoms with Crippen molar-refractivity contribution >= 4 is 27.4 Å². The number of nitrogens with one attached hydrogen (secondary N) is 2. The smallest absolute Gasteiger partial charge is 0.261 e. The van der Waals surface area contributed by atoms with Gasteiger partial charge in [-0.15, -0.1) is 0 Å². The van der Waals surface area contributed by atoms with Crippen molar-refractivity contribution in [3.63, 3.8) is 0 Å². The molecule has 1 amide bonds. The fourth-order valence-electron chi connectivity index (χ4n) is 3.87. The monoisotopic (exact) mass is 464 g/mol. The molecule has 7 nitrogen and oxygen atoms in total. The zero-order valence-corrected chi connectivity index (χ0v) is 19.7. The molecule has 0 radical (unpaired) electrons. The van der Waals surface area contributed by atoms with E-state index < -0.39 is 10.0 Å². The van der Waals surface area contributed by atoms with Crippen molar-refractivity contribution in [1.29, 1.82) is 0 Å². The molecule has 3 aromatic rings. The molecule has 4 rings (SSSR count). The molecule has 0 bridgehead atoms. The Morgan fingerprint density at radius 3 is 2.52 bits per heavy atom. The van der Waals surface area contributed by atoms with Crippen molar-refractivity contribution in [2.24, 2.45) is 0 Å². The van der Waals surface area contributed by atoms with Crippen LogP contribution < -0.4 is 14.9 Å². The van der Waals surface area contributed by atoms with E-state index in [9.17, 15) is 13.2 Å². The first kappa shape index (κ1) is 22.8. The van der Waals surface area contributed by atoms with Gasteiger partial charge in [-0.1, -0.05) is 24.3 Å². The molecule has 1 aliphatic heterocycles. The van der Waals surface area contributed by atoms with Crippen LogP contribution in [0.2, 0.25) is 0 Å². The van der Waals surface area contributed by atoms with E-state index in [1.54, 1.807) is 37.4 Å². The third kappa shape index (κ3) is 5.51. The van der Waals surface area contributed by atoms with Gasteiger partial charge >= 0.3 is 0 Å². The molecule has 172 valence electrons. The van der Waals surface area contributed by atoms with Gasteiger partial charge in [0.05, 0.1) is 4.90 Å². The summed E-state index contributed by atoms with van der Waals surface area (Å²) < 4.78 is 28.3. The van der Waals surface area contributed by atoms with Gasteiger partial charge in [-0.2, -0.15) is 0 Å². The molecule has 1 aromatic heterocycles. The lowest BCUT2D eigenvalue weighted by atomic mass is 10.1. The molecule has 1 aliphatic rings. The molecular weight excluding hydrogens is 436 g/mol. The van der Waals surface area contributed by atoms with Gasteiger partial charge in [0.15, 0.2) is 0 Å². The molecule has 2 heterocycles. The summed E-state index contributed by atoms with van der Waals surface area (Å²) in [6.45, 7) is 6.04. The molecule has 1 fully saturated rings. The molecule has 1 saturated heterocycles. The van der Waals surface area contributed by atoms with Crippen LogP contribution in [0.3, 0.4) is 0 Å². The second kappa shape index (κ2) is 9.62. The number of sulfonamides is 1. The van der Waals surface area contributed by atoms with Crippen LogP contribution in [-0.4, -0.2) is 32.4 Å². The van der Waals surface area contributed by atoms with E-state index in [0.29, 0.717) is 23.4 Å². The van der Waals surface area contributed by atoms with Crippen LogP contribution in [0, 0.1) is 13.8 Å². The highest BCUT2D eigenvalue weighted by atomic mass is 32.2. The fraction of sp³-hybridized carbons (Fsp3) is 0.280. The van der Waals surface area contributed by atoms with Gasteiger partial charge in [0.1, 0.15) is 5.82 Å². The number of nitrogens with zero attached hydrogens (tertiary/aromatic N) is 2. The molecule has 33 heavy (non-hydrogen) atoms. The Morgan fingerprint density at radius 1 is 1.03 bits per heavy atom. The van der Waals surface area contributed by atoms with Crippen LogP contribution in [0.1, 0.15) is 39.9 Å². The maximum absolute atomic E-state index is 12.9. The Bertz CT molecular complexity index is 1250. The fourth-order valence-corrected chi connectivity index (χ4v) is 4.94. The summed E-state index contributed by atoms with van der Waals surface area (Å²) in [5.74, 6) is 0.626. The largest absolute Gasteiger partial charge is 0.357 e. The highest BCUT2D eigenvalue weighted by molar-refractivity contribution is 7.92. The van der Waals surface area contributed by atoms with Crippen molar-refractivity contribution in [2.45, 2.75) is 38.1 Å². The van der Waals surface area contributed by atoms with E-state index in [4.69, 9.17) is 0 Å². The third-order valence-electron chi connectivity index (χ3n) is 5.73. The van der Waals surface area contributed by atoms with Crippen molar-refractivity contribution in [1.82, 2.24) is 10.3 Å². The summed E-state index contributed by atoms with van der Waals surface area (Å²) >= 11 is 0. The first-order valence-electron chi connectivity index (χ1n) is 11.0. The van der Waals surface area contributed by atoms with Gasteiger partial charge in [0.25, 0.3) is 15.9 Å². The van der Waals surface area contributed by atoms with Crippen LogP contribution in [0.25, 0.3) is 0 Å². The third-order valence-corrected chi connectivity index (χ3v) is 7.11. The van der Waals surface area contributed by atoms with E-state index in [1.165, 1.54) is 25.0 Å². The number of aromatic nitrogens is 1. The highest BCUT2D eigenvalue weighted by Gasteiger charge is 2.19. The van der Waals surface area contributed by atoms with E-state index >= 15 is 0 Å². The van der Waals surface area contributed by atoms with Crippen LogP contribution in [0.5, 0.6) is 0 Å². The SMILES string of the molecule is Cc1cccc(NS(=O)(=O)c2ccc(C)c(C(=O)NCc3ccc(N4CCCC4)nc3)c2)c1. The summed E-state index contributed by atoms with van der Waals surface area (Å²) in [6.07, 6.45) is 4.15. The van der Waals surface area contributed by atoms with Gasteiger partial charge in [0, 0.05) is 37.1 Å². The standard InChI is InChI=1S/C25H28N4O3S/c1-18-6-5-7-21(14-18)28-33(31,32)22-10-8-19(2)23(15-22)25(30)27-17-20-9-11-24(26-16-20)29-12-3-4-13-29/h5-11,14-16,28H,3-4,12-13,17H2,1-2H3,(H,27,30). The second-order valence-electron chi connectivity index (χ2n) is 8.35. The van der Waals surface area contributed by atoms with E-state index in [1.807, 2.05) is 25.1 Å². The number of aryl methyl sites for hydroxylation is 2. The maximum atomic E-state index is 12.9. The highest BCUT2D eigenvalue weighted by Crippen LogP contribution is 2.21. The Balaban J connectivity index is 1.45. The molecule has 2 N–H and O–H groups in total. The minimum absolute atomic E-state index is 0.0383. The van der Waals surface area contributed by atoms with Gasteiger partial charge in [-0.05, 0) is 73.7 Å². The first-order chi connectivity index (χ1) is 15.8. The van der Waals surface area contributed by atoms with Crippen molar-refractivity contribution in [2.75, 3.05) is 22.7 Å². The van der Waals surface area contributed by atoms with Gasteiger partial charge in [-0.25, -0.2) is 13.4 Å². The molecule has 2 aromatic carbocycles. The number of anilines is 2. The molecular formula is C25H28N4O3S. The Labute approximate surface area is 194 Å². The maximum Gasteiger partial charge on any atom is 0.261 e. The quantitative estimate of drug-likeness (QED) is 0.551. The number of carbonyl (C=O) groups excluding carboxylic acids is 1. The predicted molar refractivity (Wildman–Crippen MR) is 130 cm³/mol. The molecule has 0 aliphatic carbocycles. The normalized spacial score (nSPS) is 13.7. The number of benzene rings is 2. The van der Waals surface area contributed by atoms with Crippen LogP contribution in [-0.2, 0) is 16.6 Å². The molecule has 0 unspecified atom stereocenters. The first-order valence-corrected chi connectivity index (χ1v) is 12.5. The lowest BCUT2D eigenvalue weighted by Crippen LogP contribution is -2.24. The number of amides is 1. The van der Waals surface area contributed by atoms with Gasteiger partial charge in [-0.3, -0.25) is 9.52 Å². The summed E-state index contributed by atoms with van der Waals surface area (Å²) in [6, 6.07) is 15.6. The lowest BCUT2D eigenvalue weighted by Gasteiger charge is -2.16. The number of rotatable bonds is 7. The van der Waals surface area contributed by atoms with Crippen molar-refractivity contribution in [3.05, 3.63) is 83.0 Å². The summed E-state index contributed by atoms with van der Waals surface area (Å²) in [5.41, 5.74) is 3.33. The van der Waals surface area contributed by atoms with Crippen molar-refractivity contribution in [3.8, 4) is 0 Å². The van der Waals surface area contributed by atoms with Crippen LogP contribution >= 0.6 is 0 Å². The van der Waals surface area contributed by atoms with E-state index in [-0.39, 0.29) is 10.8 Å². The van der Waals surface area contributed by atoms with Gasteiger partial charge < -0.3 is 10.2 Å². The average molecular weight is 465 g/mol.